The first-order chi connectivity index (χ1) is 9.63. The van der Waals surface area contributed by atoms with Gasteiger partial charge in [0.1, 0.15) is 0 Å². The molecule has 1 fully saturated rings. The second kappa shape index (κ2) is 7.65. The third kappa shape index (κ3) is 5.14. The number of benzene rings is 1. The number of anilines is 1. The summed E-state index contributed by atoms with van der Waals surface area (Å²) in [6.45, 7) is 1.47. The van der Waals surface area contributed by atoms with E-state index in [-0.39, 0.29) is 5.91 Å². The molecule has 0 aliphatic heterocycles. The van der Waals surface area contributed by atoms with Gasteiger partial charge in [-0.05, 0) is 50.1 Å². The number of amides is 1. The molecule has 0 aromatic heterocycles. The van der Waals surface area contributed by atoms with E-state index >= 15 is 0 Å². The summed E-state index contributed by atoms with van der Waals surface area (Å²) in [4.78, 5) is 14.1. The molecule has 1 N–H and O–H groups in total. The van der Waals surface area contributed by atoms with E-state index in [9.17, 15) is 4.79 Å². The van der Waals surface area contributed by atoms with Crippen LogP contribution in [-0.4, -0.2) is 30.9 Å². The first kappa shape index (κ1) is 15.3. The molecule has 0 heterocycles. The van der Waals surface area contributed by atoms with Crippen molar-refractivity contribution < 1.29 is 4.79 Å². The van der Waals surface area contributed by atoms with Crippen molar-refractivity contribution in [1.82, 2.24) is 4.90 Å². The Kier molecular flexibility index (Phi) is 5.86. The SMILES string of the molecule is CN(CC(=O)Nc1ccc(Cl)cc1)CC1CCCCC1. The Morgan fingerprint density at radius 1 is 1.25 bits per heavy atom. The van der Waals surface area contributed by atoms with Gasteiger partial charge in [-0.2, -0.15) is 0 Å². The summed E-state index contributed by atoms with van der Waals surface area (Å²) in [5, 5.41) is 3.58. The zero-order valence-electron chi connectivity index (χ0n) is 12.1. The topological polar surface area (TPSA) is 32.3 Å². The van der Waals surface area contributed by atoms with E-state index in [1.165, 1.54) is 32.1 Å². The first-order valence-corrected chi connectivity index (χ1v) is 7.75. The standard InChI is InChI=1S/C16H23ClN2O/c1-19(11-13-5-3-2-4-6-13)12-16(20)18-15-9-7-14(17)8-10-15/h7-10,13H,2-6,11-12H2,1H3,(H,18,20). The maximum absolute atomic E-state index is 12.0. The number of halogens is 1. The van der Waals surface area contributed by atoms with E-state index in [1.54, 1.807) is 12.1 Å². The van der Waals surface area contributed by atoms with Crippen molar-refractivity contribution in [2.45, 2.75) is 32.1 Å². The van der Waals surface area contributed by atoms with Crippen molar-refractivity contribution in [3.05, 3.63) is 29.3 Å². The van der Waals surface area contributed by atoms with E-state index in [1.807, 2.05) is 19.2 Å². The number of hydrogen-bond acceptors (Lipinski definition) is 2. The molecular formula is C16H23ClN2O. The Morgan fingerprint density at radius 3 is 2.55 bits per heavy atom. The Hall–Kier alpha value is -1.06. The minimum absolute atomic E-state index is 0.0330. The fourth-order valence-corrected chi connectivity index (χ4v) is 2.98. The van der Waals surface area contributed by atoms with Crippen molar-refractivity contribution in [3.63, 3.8) is 0 Å². The molecule has 1 saturated carbocycles. The third-order valence-corrected chi connectivity index (χ3v) is 4.09. The Balaban J connectivity index is 1.74. The lowest BCUT2D eigenvalue weighted by Crippen LogP contribution is -2.34. The molecule has 0 saturated heterocycles. The van der Waals surface area contributed by atoms with E-state index in [0.29, 0.717) is 11.6 Å². The lowest BCUT2D eigenvalue weighted by molar-refractivity contribution is -0.117. The Bertz CT molecular complexity index is 427. The number of carbonyl (C=O) groups is 1. The number of likely N-dealkylation sites (N-methyl/N-ethyl adjacent to an activating group) is 1. The van der Waals surface area contributed by atoms with Crippen LogP contribution in [0.4, 0.5) is 5.69 Å². The van der Waals surface area contributed by atoms with Gasteiger partial charge in [-0.1, -0.05) is 30.9 Å². The van der Waals surface area contributed by atoms with Crippen LogP contribution in [0.1, 0.15) is 32.1 Å². The smallest absolute Gasteiger partial charge is 0.238 e. The molecule has 1 aromatic rings. The van der Waals surface area contributed by atoms with Crippen molar-refractivity contribution in [1.29, 1.82) is 0 Å². The van der Waals surface area contributed by atoms with Gasteiger partial charge in [-0.15, -0.1) is 0 Å². The lowest BCUT2D eigenvalue weighted by Gasteiger charge is -2.26. The molecule has 3 nitrogen and oxygen atoms in total. The van der Waals surface area contributed by atoms with Gasteiger partial charge >= 0.3 is 0 Å². The second-order valence-electron chi connectivity index (χ2n) is 5.76. The lowest BCUT2D eigenvalue weighted by atomic mass is 9.89. The number of hydrogen-bond donors (Lipinski definition) is 1. The van der Waals surface area contributed by atoms with Gasteiger partial charge < -0.3 is 5.32 Å². The van der Waals surface area contributed by atoms with Crippen molar-refractivity contribution in [2.75, 3.05) is 25.5 Å². The molecule has 110 valence electrons. The van der Waals surface area contributed by atoms with Gasteiger partial charge in [0, 0.05) is 17.3 Å². The summed E-state index contributed by atoms with van der Waals surface area (Å²) in [5.41, 5.74) is 0.797. The van der Waals surface area contributed by atoms with Crippen LogP contribution < -0.4 is 5.32 Å². The third-order valence-electron chi connectivity index (χ3n) is 3.84. The minimum atomic E-state index is 0.0330. The summed E-state index contributed by atoms with van der Waals surface area (Å²) < 4.78 is 0. The highest BCUT2D eigenvalue weighted by Crippen LogP contribution is 2.24. The summed E-state index contributed by atoms with van der Waals surface area (Å²) in [6.07, 6.45) is 6.68. The largest absolute Gasteiger partial charge is 0.325 e. The second-order valence-corrected chi connectivity index (χ2v) is 6.19. The van der Waals surface area contributed by atoms with Crippen LogP contribution in [0.2, 0.25) is 5.02 Å². The van der Waals surface area contributed by atoms with Crippen LogP contribution in [0.25, 0.3) is 0 Å². The number of nitrogens with zero attached hydrogens (tertiary/aromatic N) is 1. The van der Waals surface area contributed by atoms with E-state index in [0.717, 1.165) is 18.2 Å². The zero-order valence-corrected chi connectivity index (χ0v) is 12.8. The van der Waals surface area contributed by atoms with Gasteiger partial charge in [-0.3, -0.25) is 9.69 Å². The van der Waals surface area contributed by atoms with Crippen LogP contribution in [0, 0.1) is 5.92 Å². The molecule has 0 atom stereocenters. The number of carbonyl (C=O) groups excluding carboxylic acids is 1. The molecule has 20 heavy (non-hydrogen) atoms. The molecule has 0 spiro atoms. The fourth-order valence-electron chi connectivity index (χ4n) is 2.85. The van der Waals surface area contributed by atoms with Gasteiger partial charge in [0.15, 0.2) is 0 Å². The normalized spacial score (nSPS) is 16.4. The zero-order chi connectivity index (χ0) is 14.4. The quantitative estimate of drug-likeness (QED) is 0.896. The van der Waals surface area contributed by atoms with E-state index < -0.39 is 0 Å². The van der Waals surface area contributed by atoms with Crippen LogP contribution in [-0.2, 0) is 4.79 Å². The highest BCUT2D eigenvalue weighted by Gasteiger charge is 2.16. The molecule has 0 radical (unpaired) electrons. The summed E-state index contributed by atoms with van der Waals surface area (Å²) in [5.74, 6) is 0.794. The maximum atomic E-state index is 12.0. The van der Waals surface area contributed by atoms with Crippen molar-refractivity contribution in [3.8, 4) is 0 Å². The summed E-state index contributed by atoms with van der Waals surface area (Å²) in [7, 11) is 2.02. The highest BCUT2D eigenvalue weighted by molar-refractivity contribution is 6.30. The van der Waals surface area contributed by atoms with E-state index in [2.05, 4.69) is 10.2 Å². The van der Waals surface area contributed by atoms with Gasteiger partial charge in [-0.25, -0.2) is 0 Å². The molecule has 1 aliphatic carbocycles. The summed E-state index contributed by atoms with van der Waals surface area (Å²) >= 11 is 5.82. The molecule has 1 amide bonds. The molecule has 0 unspecified atom stereocenters. The highest BCUT2D eigenvalue weighted by atomic mass is 35.5. The van der Waals surface area contributed by atoms with Crippen molar-refractivity contribution in [2.24, 2.45) is 5.92 Å². The number of nitrogens with one attached hydrogen (secondary N) is 1. The Morgan fingerprint density at radius 2 is 1.90 bits per heavy atom. The average molecular weight is 295 g/mol. The summed E-state index contributed by atoms with van der Waals surface area (Å²) in [6, 6.07) is 7.20. The minimum Gasteiger partial charge on any atom is -0.325 e. The Labute approximate surface area is 126 Å². The molecule has 2 rings (SSSR count). The van der Waals surface area contributed by atoms with Gasteiger partial charge in [0.05, 0.1) is 6.54 Å². The molecule has 1 aromatic carbocycles. The molecule has 4 heteroatoms. The van der Waals surface area contributed by atoms with Gasteiger partial charge in [0.2, 0.25) is 5.91 Å². The fraction of sp³-hybridized carbons (Fsp3) is 0.562. The first-order valence-electron chi connectivity index (χ1n) is 7.37. The van der Waals surface area contributed by atoms with Crippen LogP contribution in [0.3, 0.4) is 0 Å². The molecule has 0 bridgehead atoms. The van der Waals surface area contributed by atoms with Crippen molar-refractivity contribution >= 4 is 23.2 Å². The predicted octanol–water partition coefficient (Wildman–Crippen LogP) is 3.79. The predicted molar refractivity (Wildman–Crippen MR) is 84.2 cm³/mol. The average Bonchev–Trinajstić information content (AvgIpc) is 2.42. The van der Waals surface area contributed by atoms with Gasteiger partial charge in [0.25, 0.3) is 0 Å². The van der Waals surface area contributed by atoms with Crippen LogP contribution in [0.5, 0.6) is 0 Å². The molecular weight excluding hydrogens is 272 g/mol. The van der Waals surface area contributed by atoms with E-state index in [4.69, 9.17) is 11.6 Å². The van der Waals surface area contributed by atoms with Crippen LogP contribution >= 0.6 is 11.6 Å². The van der Waals surface area contributed by atoms with Crippen LogP contribution in [0.15, 0.2) is 24.3 Å². The molecule has 1 aliphatic rings. The monoisotopic (exact) mass is 294 g/mol. The maximum Gasteiger partial charge on any atom is 0.238 e. The number of rotatable bonds is 5.